The molecule has 2 heterocycles. The van der Waals surface area contributed by atoms with Crippen LogP contribution in [-0.2, 0) is 9.53 Å². The van der Waals surface area contributed by atoms with Crippen molar-refractivity contribution in [1.29, 1.82) is 0 Å². The molecule has 0 bridgehead atoms. The van der Waals surface area contributed by atoms with Crippen LogP contribution in [-0.4, -0.2) is 57.8 Å². The quantitative estimate of drug-likeness (QED) is 0.808. The first kappa shape index (κ1) is 13.2. The normalized spacial score (nSPS) is 22.3. The molecular formula is C11H14N4O4. The van der Waals surface area contributed by atoms with Crippen molar-refractivity contribution in [1.82, 2.24) is 14.9 Å². The Morgan fingerprint density at radius 3 is 2.74 bits per heavy atom. The molecular weight excluding hydrogens is 252 g/mol. The minimum atomic E-state index is -1.05. The highest BCUT2D eigenvalue weighted by molar-refractivity contribution is 5.91. The number of nitrogens with one attached hydrogen (secondary N) is 1. The van der Waals surface area contributed by atoms with Crippen molar-refractivity contribution in [3.8, 4) is 0 Å². The zero-order valence-electron chi connectivity index (χ0n) is 10.3. The Hall–Kier alpha value is -2.22. The summed E-state index contributed by atoms with van der Waals surface area (Å²) < 4.78 is 5.11. The van der Waals surface area contributed by atoms with Gasteiger partial charge in [0.2, 0.25) is 5.95 Å². The monoisotopic (exact) mass is 266 g/mol. The molecule has 8 nitrogen and oxygen atoms in total. The van der Waals surface area contributed by atoms with E-state index in [1.54, 1.807) is 6.07 Å². The number of carbonyl (C=O) groups is 2. The number of carboxylic acid groups (broad SMARTS) is 1. The summed E-state index contributed by atoms with van der Waals surface area (Å²) in [6.45, 7) is 0.228. The minimum absolute atomic E-state index is 0.137. The third-order valence-electron chi connectivity index (χ3n) is 2.93. The van der Waals surface area contributed by atoms with E-state index >= 15 is 0 Å². The number of anilines is 1. The fraction of sp³-hybridized carbons (Fsp3) is 0.455. The largest absolute Gasteiger partial charge is 0.480 e. The van der Waals surface area contributed by atoms with Crippen molar-refractivity contribution in [2.45, 2.75) is 18.6 Å². The third kappa shape index (κ3) is 2.97. The van der Waals surface area contributed by atoms with E-state index in [0.29, 0.717) is 0 Å². The second kappa shape index (κ2) is 5.61. The lowest BCUT2D eigenvalue weighted by atomic mass is 10.2. The van der Waals surface area contributed by atoms with Crippen molar-refractivity contribution in [2.75, 3.05) is 19.0 Å². The van der Waals surface area contributed by atoms with Crippen molar-refractivity contribution in [3.63, 3.8) is 0 Å². The molecule has 102 valence electrons. The number of rotatable bonds is 3. The second-order valence-electron chi connectivity index (χ2n) is 4.10. The van der Waals surface area contributed by atoms with E-state index in [1.165, 1.54) is 24.4 Å². The number of ether oxygens (including phenoxy) is 1. The molecule has 19 heavy (non-hydrogen) atoms. The van der Waals surface area contributed by atoms with Gasteiger partial charge in [0, 0.05) is 32.5 Å². The third-order valence-corrected chi connectivity index (χ3v) is 2.93. The van der Waals surface area contributed by atoms with Crippen LogP contribution in [0.15, 0.2) is 18.5 Å². The number of hydrogen-bond donors (Lipinski definition) is 2. The van der Waals surface area contributed by atoms with Gasteiger partial charge in [-0.25, -0.2) is 19.6 Å². The van der Waals surface area contributed by atoms with Crippen molar-refractivity contribution in [3.05, 3.63) is 18.5 Å². The van der Waals surface area contributed by atoms with E-state index < -0.39 is 18.0 Å². The van der Waals surface area contributed by atoms with E-state index in [0.717, 1.165) is 0 Å². The SMILES string of the molecule is COC1CC(C(=O)O)N(C(=O)Nc2ncccn2)C1. The van der Waals surface area contributed by atoms with Crippen LogP contribution >= 0.6 is 0 Å². The van der Waals surface area contributed by atoms with Crippen LogP contribution in [0.2, 0.25) is 0 Å². The number of urea groups is 1. The number of methoxy groups -OCH3 is 1. The van der Waals surface area contributed by atoms with Gasteiger partial charge in [0.15, 0.2) is 0 Å². The number of carboxylic acids is 1. The fourth-order valence-corrected chi connectivity index (χ4v) is 1.96. The predicted octanol–water partition coefficient (Wildman–Crippen LogP) is 0.182. The van der Waals surface area contributed by atoms with Crippen LogP contribution in [0.1, 0.15) is 6.42 Å². The van der Waals surface area contributed by atoms with Crippen LogP contribution in [0.4, 0.5) is 10.7 Å². The molecule has 0 saturated carbocycles. The number of amides is 2. The van der Waals surface area contributed by atoms with E-state index in [-0.39, 0.29) is 25.0 Å². The Labute approximate surface area is 109 Å². The molecule has 0 radical (unpaired) electrons. The molecule has 2 N–H and O–H groups in total. The highest BCUT2D eigenvalue weighted by atomic mass is 16.5. The number of aromatic nitrogens is 2. The molecule has 2 amide bonds. The first-order valence-electron chi connectivity index (χ1n) is 5.72. The van der Waals surface area contributed by atoms with Gasteiger partial charge in [0.25, 0.3) is 0 Å². The lowest BCUT2D eigenvalue weighted by molar-refractivity contribution is -0.141. The van der Waals surface area contributed by atoms with Gasteiger partial charge in [-0.15, -0.1) is 0 Å². The van der Waals surface area contributed by atoms with Gasteiger partial charge in [0.05, 0.1) is 6.10 Å². The van der Waals surface area contributed by atoms with Crippen LogP contribution in [0.5, 0.6) is 0 Å². The smallest absolute Gasteiger partial charge is 0.326 e. The summed E-state index contributed by atoms with van der Waals surface area (Å²) in [5.41, 5.74) is 0. The van der Waals surface area contributed by atoms with E-state index in [9.17, 15) is 9.59 Å². The number of nitrogens with zero attached hydrogens (tertiary/aromatic N) is 3. The highest BCUT2D eigenvalue weighted by Gasteiger charge is 2.40. The molecule has 0 aromatic carbocycles. The topological polar surface area (TPSA) is 105 Å². The molecule has 0 aliphatic carbocycles. The van der Waals surface area contributed by atoms with Crippen LogP contribution in [0.25, 0.3) is 0 Å². The van der Waals surface area contributed by atoms with Crippen molar-refractivity contribution < 1.29 is 19.4 Å². The summed E-state index contributed by atoms with van der Waals surface area (Å²) in [6.07, 6.45) is 2.97. The first-order valence-corrected chi connectivity index (χ1v) is 5.72. The maximum atomic E-state index is 12.0. The molecule has 1 saturated heterocycles. The average Bonchev–Trinajstić information content (AvgIpc) is 2.84. The van der Waals surface area contributed by atoms with Crippen molar-refractivity contribution >= 4 is 17.9 Å². The number of carbonyl (C=O) groups excluding carboxylic acids is 1. The summed E-state index contributed by atoms with van der Waals surface area (Å²) in [5, 5.41) is 11.6. The Balaban J connectivity index is 2.07. The Morgan fingerprint density at radius 1 is 1.47 bits per heavy atom. The standard InChI is InChI=1S/C11H14N4O4/c1-19-7-5-8(9(16)17)15(6-7)11(18)14-10-12-3-2-4-13-10/h2-4,7-8H,5-6H2,1H3,(H,16,17)(H,12,13,14,18). The summed E-state index contributed by atoms with van der Waals surface area (Å²) in [6, 6.07) is 0.179. The lowest BCUT2D eigenvalue weighted by Gasteiger charge is -2.20. The summed E-state index contributed by atoms with van der Waals surface area (Å²) >= 11 is 0. The number of hydrogen-bond acceptors (Lipinski definition) is 5. The molecule has 1 aromatic rings. The molecule has 2 unspecified atom stereocenters. The molecule has 1 aliphatic heterocycles. The zero-order chi connectivity index (χ0) is 13.8. The second-order valence-corrected chi connectivity index (χ2v) is 4.10. The highest BCUT2D eigenvalue weighted by Crippen LogP contribution is 2.21. The molecule has 1 aliphatic rings. The van der Waals surface area contributed by atoms with E-state index in [1.807, 2.05) is 0 Å². The predicted molar refractivity (Wildman–Crippen MR) is 64.6 cm³/mol. The summed E-state index contributed by atoms with van der Waals surface area (Å²) in [7, 11) is 1.49. The van der Waals surface area contributed by atoms with Gasteiger partial charge in [0.1, 0.15) is 6.04 Å². The molecule has 2 atom stereocenters. The number of likely N-dealkylation sites (tertiary alicyclic amines) is 1. The molecule has 1 fully saturated rings. The zero-order valence-corrected chi connectivity index (χ0v) is 10.3. The maximum absolute atomic E-state index is 12.0. The summed E-state index contributed by atoms with van der Waals surface area (Å²) in [4.78, 5) is 32.0. The fourth-order valence-electron chi connectivity index (χ4n) is 1.96. The van der Waals surface area contributed by atoms with Gasteiger partial charge in [-0.2, -0.15) is 0 Å². The maximum Gasteiger partial charge on any atom is 0.326 e. The van der Waals surface area contributed by atoms with Gasteiger partial charge in [-0.3, -0.25) is 5.32 Å². The molecule has 8 heteroatoms. The number of aliphatic carboxylic acids is 1. The van der Waals surface area contributed by atoms with E-state index in [2.05, 4.69) is 15.3 Å². The van der Waals surface area contributed by atoms with Gasteiger partial charge >= 0.3 is 12.0 Å². The molecule has 1 aromatic heterocycles. The Morgan fingerprint density at radius 2 is 2.16 bits per heavy atom. The van der Waals surface area contributed by atoms with Gasteiger partial charge in [-0.05, 0) is 6.07 Å². The van der Waals surface area contributed by atoms with E-state index in [4.69, 9.17) is 9.84 Å². The molecule has 0 spiro atoms. The lowest BCUT2D eigenvalue weighted by Crippen LogP contribution is -2.43. The summed E-state index contributed by atoms with van der Waals surface area (Å²) in [5.74, 6) is -0.916. The Bertz CT molecular complexity index is 467. The van der Waals surface area contributed by atoms with Crippen LogP contribution in [0, 0.1) is 0 Å². The first-order chi connectivity index (χ1) is 9.11. The van der Waals surface area contributed by atoms with Gasteiger partial charge < -0.3 is 14.7 Å². The average molecular weight is 266 g/mol. The molecule has 2 rings (SSSR count). The van der Waals surface area contributed by atoms with Gasteiger partial charge in [-0.1, -0.05) is 0 Å². The van der Waals surface area contributed by atoms with Crippen LogP contribution < -0.4 is 5.32 Å². The Kier molecular flexibility index (Phi) is 3.91. The van der Waals surface area contributed by atoms with Crippen molar-refractivity contribution in [2.24, 2.45) is 0 Å². The van der Waals surface area contributed by atoms with Crippen LogP contribution in [0.3, 0.4) is 0 Å². The minimum Gasteiger partial charge on any atom is -0.480 e.